The number of nitro benzene ring substituents is 3. The van der Waals surface area contributed by atoms with Crippen molar-refractivity contribution in [1.82, 2.24) is 0 Å². The number of benzene rings is 3. The molecule has 0 radical (unpaired) electrons. The van der Waals surface area contributed by atoms with Crippen molar-refractivity contribution in [3.8, 4) is 0 Å². The number of hydrogen-bond acceptors (Lipinski definition) is 6. The lowest BCUT2D eigenvalue weighted by Crippen LogP contribution is -2.00. The Kier molecular flexibility index (Phi) is 6.14. The van der Waals surface area contributed by atoms with Crippen molar-refractivity contribution in [2.75, 3.05) is 0 Å². The predicted octanol–water partition coefficient (Wildman–Crippen LogP) is 5.32. The van der Waals surface area contributed by atoms with E-state index in [1.54, 1.807) is 0 Å². The van der Waals surface area contributed by atoms with Crippen LogP contribution in [0.3, 0.4) is 0 Å². The maximum absolute atomic E-state index is 10.5. The highest BCUT2D eigenvalue weighted by molar-refractivity contribution is 9.10. The van der Waals surface area contributed by atoms with Gasteiger partial charge in [0, 0.05) is 4.47 Å². The molecule has 3 rings (SSSR count). The van der Waals surface area contributed by atoms with Crippen molar-refractivity contribution in [3.05, 3.63) is 95.0 Å². The Bertz CT molecular complexity index is 1010. The van der Waals surface area contributed by atoms with Crippen LogP contribution in [0.15, 0.2) is 59.1 Å². The van der Waals surface area contributed by atoms with Crippen LogP contribution in [0.5, 0.6) is 0 Å². The second kappa shape index (κ2) is 8.32. The first-order valence-electron chi connectivity index (χ1n) is 7.43. The minimum absolute atomic E-state index is 0.208. The Morgan fingerprint density at radius 1 is 0.778 bits per heavy atom. The molecule has 0 N–H and O–H groups in total. The molecule has 10 heteroatoms. The van der Waals surface area contributed by atoms with Gasteiger partial charge in [-0.25, -0.2) is 0 Å². The summed E-state index contributed by atoms with van der Waals surface area (Å²) in [7, 11) is 0. The lowest BCUT2D eigenvalue weighted by molar-refractivity contribution is -0.403. The Morgan fingerprint density at radius 3 is 1.78 bits per heavy atom. The summed E-state index contributed by atoms with van der Waals surface area (Å²) in [6.45, 7) is 1.17. The van der Waals surface area contributed by atoms with Crippen molar-refractivity contribution in [2.45, 2.75) is 6.92 Å². The highest BCUT2D eigenvalue weighted by Crippen LogP contribution is 2.32. The van der Waals surface area contributed by atoms with Crippen molar-refractivity contribution in [1.29, 1.82) is 0 Å². The van der Waals surface area contributed by atoms with Gasteiger partial charge in [0.2, 0.25) is 0 Å². The Labute approximate surface area is 160 Å². The quantitative estimate of drug-likeness (QED) is 0.405. The van der Waals surface area contributed by atoms with Crippen LogP contribution < -0.4 is 0 Å². The summed E-state index contributed by atoms with van der Waals surface area (Å²) in [6, 6.07) is 15.9. The summed E-state index contributed by atoms with van der Waals surface area (Å²) in [4.78, 5) is 28.8. The third-order valence-electron chi connectivity index (χ3n) is 3.68. The van der Waals surface area contributed by atoms with Crippen molar-refractivity contribution < 1.29 is 14.8 Å². The Morgan fingerprint density at radius 2 is 1.30 bits per heavy atom. The van der Waals surface area contributed by atoms with Crippen LogP contribution in [0, 0.1) is 37.3 Å². The standard InChI is InChI=1S/C10H7Br.C7H5N3O6/c11-10-7-3-5-8-4-1-2-6-9(8)10;1-4-6(9(13)14)2-5(8(11)12)3-7(4)10(15)16/h1-7H;2-3H,1H3. The Hall–Kier alpha value is -3.40. The first kappa shape index (κ1) is 19.9. The smallest absolute Gasteiger partial charge is 0.258 e. The van der Waals surface area contributed by atoms with Gasteiger partial charge in [0.1, 0.15) is 5.56 Å². The highest BCUT2D eigenvalue weighted by Gasteiger charge is 2.27. The fraction of sp³-hybridized carbons (Fsp3) is 0.0588. The van der Waals surface area contributed by atoms with E-state index < -0.39 is 31.8 Å². The molecule has 0 aliphatic heterocycles. The summed E-state index contributed by atoms with van der Waals surface area (Å²) < 4.78 is 1.16. The van der Waals surface area contributed by atoms with E-state index in [1.165, 1.54) is 17.7 Å². The monoisotopic (exact) mass is 433 g/mol. The second-order valence-electron chi connectivity index (χ2n) is 5.34. The molecule has 3 aromatic carbocycles. The molecule has 9 nitrogen and oxygen atoms in total. The van der Waals surface area contributed by atoms with E-state index in [4.69, 9.17) is 0 Å². The van der Waals surface area contributed by atoms with Crippen LogP contribution in [-0.2, 0) is 0 Å². The van der Waals surface area contributed by atoms with Gasteiger partial charge in [0.25, 0.3) is 17.1 Å². The minimum atomic E-state index is -0.917. The summed E-state index contributed by atoms with van der Waals surface area (Å²) in [6.07, 6.45) is 0. The maximum Gasteiger partial charge on any atom is 0.286 e. The molecule has 0 bridgehead atoms. The summed E-state index contributed by atoms with van der Waals surface area (Å²) in [5, 5.41) is 34.0. The van der Waals surface area contributed by atoms with E-state index in [0.29, 0.717) is 12.1 Å². The molecule has 138 valence electrons. The van der Waals surface area contributed by atoms with Crippen molar-refractivity contribution in [3.63, 3.8) is 0 Å². The molecule has 0 unspecified atom stereocenters. The van der Waals surface area contributed by atoms with Gasteiger partial charge in [0.15, 0.2) is 0 Å². The van der Waals surface area contributed by atoms with Gasteiger partial charge in [-0.2, -0.15) is 0 Å². The van der Waals surface area contributed by atoms with E-state index in [2.05, 4.69) is 46.3 Å². The normalized spacial score (nSPS) is 10.0. The number of rotatable bonds is 3. The number of non-ortho nitro benzene ring substituents is 1. The molecule has 0 saturated heterocycles. The van der Waals surface area contributed by atoms with E-state index in [1.807, 2.05) is 12.1 Å². The number of nitrogens with zero attached hydrogens (tertiary/aromatic N) is 3. The minimum Gasteiger partial charge on any atom is -0.258 e. The zero-order chi connectivity index (χ0) is 20.1. The molecule has 0 heterocycles. The number of nitro groups is 3. The molecule has 3 aromatic rings. The highest BCUT2D eigenvalue weighted by atomic mass is 79.9. The van der Waals surface area contributed by atoms with Gasteiger partial charge in [-0.3, -0.25) is 30.3 Å². The van der Waals surface area contributed by atoms with Crippen LogP contribution in [-0.4, -0.2) is 14.8 Å². The largest absolute Gasteiger partial charge is 0.286 e. The van der Waals surface area contributed by atoms with E-state index in [-0.39, 0.29) is 5.56 Å². The van der Waals surface area contributed by atoms with Gasteiger partial charge in [-0.1, -0.05) is 52.3 Å². The second-order valence-corrected chi connectivity index (χ2v) is 6.20. The summed E-state index contributed by atoms with van der Waals surface area (Å²) >= 11 is 3.50. The zero-order valence-electron chi connectivity index (χ0n) is 13.9. The van der Waals surface area contributed by atoms with Gasteiger partial charge >= 0.3 is 0 Å². The maximum atomic E-state index is 10.5. The molecule has 0 saturated carbocycles. The number of halogens is 1. The molecule has 0 amide bonds. The van der Waals surface area contributed by atoms with Gasteiger partial charge in [-0.15, -0.1) is 0 Å². The van der Waals surface area contributed by atoms with Crippen LogP contribution in [0.4, 0.5) is 17.1 Å². The summed E-state index contributed by atoms with van der Waals surface area (Å²) in [5.74, 6) is 0. The van der Waals surface area contributed by atoms with Crippen LogP contribution in [0.2, 0.25) is 0 Å². The van der Waals surface area contributed by atoms with Crippen LogP contribution in [0.25, 0.3) is 10.8 Å². The molecule has 0 aromatic heterocycles. The van der Waals surface area contributed by atoms with Crippen LogP contribution >= 0.6 is 15.9 Å². The zero-order valence-corrected chi connectivity index (χ0v) is 15.5. The molecule has 27 heavy (non-hydrogen) atoms. The van der Waals surface area contributed by atoms with E-state index >= 15 is 0 Å². The topological polar surface area (TPSA) is 129 Å². The molecule has 0 aliphatic rings. The first-order valence-corrected chi connectivity index (χ1v) is 8.22. The molecule has 0 atom stereocenters. The molecule has 0 aliphatic carbocycles. The third-order valence-corrected chi connectivity index (χ3v) is 4.37. The molecule has 0 fully saturated rings. The van der Waals surface area contributed by atoms with Crippen molar-refractivity contribution >= 4 is 43.8 Å². The van der Waals surface area contributed by atoms with Gasteiger partial charge in [0.05, 0.1) is 26.9 Å². The summed E-state index contributed by atoms with van der Waals surface area (Å²) in [5.41, 5.74) is -2.16. The third kappa shape index (κ3) is 4.61. The molecular weight excluding hydrogens is 422 g/mol. The van der Waals surface area contributed by atoms with Gasteiger partial charge in [-0.05, 0) is 23.8 Å². The Balaban J connectivity index is 0.000000206. The number of hydrogen-bond donors (Lipinski definition) is 0. The lowest BCUT2D eigenvalue weighted by atomic mass is 10.1. The van der Waals surface area contributed by atoms with E-state index in [0.717, 1.165) is 4.47 Å². The fourth-order valence-electron chi connectivity index (χ4n) is 2.34. The average molecular weight is 434 g/mol. The number of fused-ring (bicyclic) bond motifs is 1. The lowest BCUT2D eigenvalue weighted by Gasteiger charge is -1.99. The first-order chi connectivity index (χ1) is 12.7. The SMILES string of the molecule is Brc1cccc2ccccc12.Cc1c([N+](=O)[O-])cc([N+](=O)[O-])cc1[N+](=O)[O-]. The molecule has 0 spiro atoms. The van der Waals surface area contributed by atoms with Gasteiger partial charge < -0.3 is 0 Å². The van der Waals surface area contributed by atoms with Crippen molar-refractivity contribution in [2.24, 2.45) is 0 Å². The average Bonchev–Trinajstić information content (AvgIpc) is 2.62. The molecular formula is C17H12BrN3O6. The fourth-order valence-corrected chi connectivity index (χ4v) is 2.85. The van der Waals surface area contributed by atoms with Crippen LogP contribution in [0.1, 0.15) is 5.56 Å². The predicted molar refractivity (Wildman–Crippen MR) is 103 cm³/mol. The van der Waals surface area contributed by atoms with E-state index in [9.17, 15) is 30.3 Å².